The molecule has 0 N–H and O–H groups in total. The van der Waals surface area contributed by atoms with Crippen LogP contribution < -0.4 is 0 Å². The molecule has 2 aromatic rings. The number of likely N-dealkylation sites (tertiary alicyclic amines) is 1. The highest BCUT2D eigenvalue weighted by molar-refractivity contribution is 7.13. The van der Waals surface area contributed by atoms with Crippen molar-refractivity contribution in [2.24, 2.45) is 0 Å². The average molecular weight is 302 g/mol. The Morgan fingerprint density at radius 3 is 2.76 bits per heavy atom. The van der Waals surface area contributed by atoms with E-state index >= 15 is 0 Å². The van der Waals surface area contributed by atoms with E-state index in [1.165, 1.54) is 11.6 Å². The number of carbonyl (C=O) groups excluding carboxylic acids is 1. The first-order valence-corrected chi connectivity index (χ1v) is 7.60. The van der Waals surface area contributed by atoms with Crippen molar-refractivity contribution in [3.8, 4) is 0 Å². The third-order valence-electron chi connectivity index (χ3n) is 3.76. The molecule has 1 amide bonds. The Morgan fingerprint density at radius 2 is 2.10 bits per heavy atom. The van der Waals surface area contributed by atoms with Gasteiger partial charge in [0.05, 0.1) is 10.5 Å². The summed E-state index contributed by atoms with van der Waals surface area (Å²) in [5.41, 5.74) is 1.66. The Labute approximate surface area is 126 Å². The van der Waals surface area contributed by atoms with E-state index in [9.17, 15) is 14.9 Å². The lowest BCUT2D eigenvalue weighted by Gasteiger charge is -2.15. The molecule has 1 aromatic carbocycles. The second-order valence-electron chi connectivity index (χ2n) is 5.08. The van der Waals surface area contributed by atoms with Gasteiger partial charge in [0, 0.05) is 30.5 Å². The normalized spacial score (nSPS) is 17.9. The molecule has 5 nitrogen and oxygen atoms in total. The fourth-order valence-electron chi connectivity index (χ4n) is 2.66. The van der Waals surface area contributed by atoms with Crippen LogP contribution in [0.5, 0.6) is 0 Å². The summed E-state index contributed by atoms with van der Waals surface area (Å²) in [6.07, 6.45) is 0.933. The monoisotopic (exact) mass is 302 g/mol. The van der Waals surface area contributed by atoms with Gasteiger partial charge in [-0.05, 0) is 12.0 Å². The minimum Gasteiger partial charge on any atom is -0.338 e. The van der Waals surface area contributed by atoms with E-state index in [2.05, 4.69) is 12.1 Å². The van der Waals surface area contributed by atoms with Crippen LogP contribution in [0.2, 0.25) is 0 Å². The number of rotatable bonds is 3. The van der Waals surface area contributed by atoms with Crippen molar-refractivity contribution in [3.63, 3.8) is 0 Å². The van der Waals surface area contributed by atoms with Crippen molar-refractivity contribution in [1.29, 1.82) is 0 Å². The first-order valence-electron chi connectivity index (χ1n) is 6.72. The van der Waals surface area contributed by atoms with Crippen LogP contribution in [0.15, 0.2) is 41.8 Å². The molecule has 0 unspecified atom stereocenters. The summed E-state index contributed by atoms with van der Waals surface area (Å²) in [6.45, 7) is 1.37. The second kappa shape index (κ2) is 5.65. The first kappa shape index (κ1) is 13.8. The standard InChI is InChI=1S/C15H14N2O3S/c18-15(13-8-14(17(19)20)21-10-13)16-7-6-12(9-16)11-4-2-1-3-5-11/h1-5,8,10,12H,6-7,9H2/t12-/m1/s1. The zero-order chi connectivity index (χ0) is 14.8. The summed E-state index contributed by atoms with van der Waals surface area (Å²) < 4.78 is 0. The van der Waals surface area contributed by atoms with E-state index in [-0.39, 0.29) is 10.9 Å². The van der Waals surface area contributed by atoms with Gasteiger partial charge in [0.15, 0.2) is 0 Å². The third-order valence-corrected chi connectivity index (χ3v) is 4.64. The molecule has 1 aromatic heterocycles. The molecule has 1 saturated heterocycles. The van der Waals surface area contributed by atoms with Crippen molar-refractivity contribution in [1.82, 2.24) is 4.90 Å². The van der Waals surface area contributed by atoms with Gasteiger partial charge in [-0.25, -0.2) is 0 Å². The van der Waals surface area contributed by atoms with Crippen LogP contribution in [0, 0.1) is 10.1 Å². The van der Waals surface area contributed by atoms with Crippen molar-refractivity contribution in [2.75, 3.05) is 13.1 Å². The molecule has 108 valence electrons. The van der Waals surface area contributed by atoms with E-state index in [0.29, 0.717) is 24.6 Å². The quantitative estimate of drug-likeness (QED) is 0.645. The molecule has 1 fully saturated rings. The summed E-state index contributed by atoms with van der Waals surface area (Å²) in [7, 11) is 0. The maximum atomic E-state index is 12.4. The van der Waals surface area contributed by atoms with Gasteiger partial charge in [0.25, 0.3) is 5.91 Å². The van der Waals surface area contributed by atoms with Gasteiger partial charge in [0.1, 0.15) is 0 Å². The van der Waals surface area contributed by atoms with Gasteiger partial charge in [-0.2, -0.15) is 0 Å². The van der Waals surface area contributed by atoms with Crippen molar-refractivity contribution < 1.29 is 9.72 Å². The van der Waals surface area contributed by atoms with Crippen molar-refractivity contribution in [3.05, 3.63) is 63.0 Å². The molecule has 1 aliphatic heterocycles. The van der Waals surface area contributed by atoms with Crippen LogP contribution in [0.1, 0.15) is 28.3 Å². The SMILES string of the molecule is O=C(c1csc([N+](=O)[O-])c1)N1CC[C@@H](c2ccccc2)C1. The molecule has 1 aliphatic rings. The molecule has 0 aliphatic carbocycles. The number of hydrogen-bond donors (Lipinski definition) is 0. The molecule has 21 heavy (non-hydrogen) atoms. The van der Waals surface area contributed by atoms with E-state index < -0.39 is 4.92 Å². The molecule has 1 atom stereocenters. The summed E-state index contributed by atoms with van der Waals surface area (Å²) in [5.74, 6) is 0.238. The van der Waals surface area contributed by atoms with Gasteiger partial charge in [-0.15, -0.1) is 0 Å². The lowest BCUT2D eigenvalue weighted by Crippen LogP contribution is -2.28. The molecular weight excluding hydrogens is 288 g/mol. The first-order chi connectivity index (χ1) is 10.1. The molecule has 0 saturated carbocycles. The van der Waals surface area contributed by atoms with Crippen LogP contribution in [-0.4, -0.2) is 28.8 Å². The molecule has 3 rings (SSSR count). The zero-order valence-electron chi connectivity index (χ0n) is 11.3. The number of carbonyl (C=O) groups is 1. The van der Waals surface area contributed by atoms with E-state index in [1.54, 1.807) is 10.3 Å². The molecule has 0 radical (unpaired) electrons. The van der Waals surface area contributed by atoms with E-state index in [0.717, 1.165) is 17.8 Å². The van der Waals surface area contributed by atoms with Crippen molar-refractivity contribution >= 4 is 22.2 Å². The summed E-state index contributed by atoms with van der Waals surface area (Å²) in [5, 5.41) is 12.3. The summed E-state index contributed by atoms with van der Waals surface area (Å²) >= 11 is 0.995. The minimum absolute atomic E-state index is 0.0113. The number of benzene rings is 1. The Morgan fingerprint density at radius 1 is 1.33 bits per heavy atom. The highest BCUT2D eigenvalue weighted by atomic mass is 32.1. The average Bonchev–Trinajstić information content (AvgIpc) is 3.17. The van der Waals surface area contributed by atoms with Crippen molar-refractivity contribution in [2.45, 2.75) is 12.3 Å². The Kier molecular flexibility index (Phi) is 3.70. The highest BCUT2D eigenvalue weighted by Crippen LogP contribution is 2.29. The van der Waals surface area contributed by atoms with Crippen LogP contribution in [0.25, 0.3) is 0 Å². The highest BCUT2D eigenvalue weighted by Gasteiger charge is 2.29. The Balaban J connectivity index is 1.70. The Hall–Kier alpha value is -2.21. The number of thiophene rings is 1. The van der Waals surface area contributed by atoms with E-state index in [1.807, 2.05) is 18.2 Å². The number of hydrogen-bond acceptors (Lipinski definition) is 4. The van der Waals surface area contributed by atoms with Crippen LogP contribution in [0.4, 0.5) is 5.00 Å². The molecule has 0 spiro atoms. The number of nitrogens with zero attached hydrogens (tertiary/aromatic N) is 2. The predicted molar refractivity (Wildman–Crippen MR) is 80.7 cm³/mol. The number of nitro groups is 1. The number of amides is 1. The molecular formula is C15H14N2O3S. The van der Waals surface area contributed by atoms with E-state index in [4.69, 9.17) is 0 Å². The molecule has 2 heterocycles. The second-order valence-corrected chi connectivity index (χ2v) is 5.97. The maximum Gasteiger partial charge on any atom is 0.324 e. The molecule has 0 bridgehead atoms. The minimum atomic E-state index is -0.460. The van der Waals surface area contributed by atoms with Gasteiger partial charge in [-0.3, -0.25) is 14.9 Å². The summed E-state index contributed by atoms with van der Waals surface area (Å²) in [6, 6.07) is 11.5. The van der Waals surface area contributed by atoms with Crippen LogP contribution in [0.3, 0.4) is 0 Å². The smallest absolute Gasteiger partial charge is 0.324 e. The van der Waals surface area contributed by atoms with Gasteiger partial charge in [0.2, 0.25) is 0 Å². The van der Waals surface area contributed by atoms with Gasteiger partial charge in [-0.1, -0.05) is 41.7 Å². The van der Waals surface area contributed by atoms with Crippen LogP contribution >= 0.6 is 11.3 Å². The predicted octanol–water partition coefficient (Wildman–Crippen LogP) is 3.29. The zero-order valence-corrected chi connectivity index (χ0v) is 12.1. The lowest BCUT2D eigenvalue weighted by molar-refractivity contribution is -0.380. The lowest BCUT2D eigenvalue weighted by atomic mass is 9.99. The largest absolute Gasteiger partial charge is 0.338 e. The third kappa shape index (κ3) is 2.80. The summed E-state index contributed by atoms with van der Waals surface area (Å²) in [4.78, 5) is 24.4. The van der Waals surface area contributed by atoms with Gasteiger partial charge >= 0.3 is 5.00 Å². The fraction of sp³-hybridized carbons (Fsp3) is 0.267. The van der Waals surface area contributed by atoms with Gasteiger partial charge < -0.3 is 4.90 Å². The Bertz CT molecular complexity index is 669. The van der Waals surface area contributed by atoms with Crippen LogP contribution in [-0.2, 0) is 0 Å². The topological polar surface area (TPSA) is 63.4 Å². The fourth-order valence-corrected chi connectivity index (χ4v) is 3.36. The maximum absolute atomic E-state index is 12.4. The molecule has 6 heteroatoms.